The molecule has 2 heterocycles. The number of pyridine rings is 1. The minimum Gasteiger partial charge on any atom is -0.384 e. The molecule has 0 aliphatic heterocycles. The molecule has 0 fully saturated rings. The molecule has 6 heteroatoms. The summed E-state index contributed by atoms with van der Waals surface area (Å²) in [5, 5.41) is 12.9. The molecule has 2 aromatic rings. The summed E-state index contributed by atoms with van der Waals surface area (Å²) in [6.07, 6.45) is 6.09. The van der Waals surface area contributed by atoms with Crippen LogP contribution in [-0.4, -0.2) is 27.6 Å². The lowest BCUT2D eigenvalue weighted by atomic mass is 10.1. The van der Waals surface area contributed by atoms with Crippen molar-refractivity contribution in [2.75, 3.05) is 11.9 Å². The summed E-state index contributed by atoms with van der Waals surface area (Å²) in [7, 11) is 0. The summed E-state index contributed by atoms with van der Waals surface area (Å²) >= 11 is 0. The topological polar surface area (TPSA) is 82.7 Å². The monoisotopic (exact) mass is 287 g/mol. The Morgan fingerprint density at radius 2 is 2.24 bits per heavy atom. The number of amides is 1. The lowest BCUT2D eigenvalue weighted by molar-refractivity contribution is 0.0940. The van der Waals surface area contributed by atoms with Crippen LogP contribution in [0.3, 0.4) is 0 Å². The smallest absolute Gasteiger partial charge is 0.255 e. The molecule has 0 radical (unpaired) electrons. The Morgan fingerprint density at radius 1 is 1.43 bits per heavy atom. The van der Waals surface area contributed by atoms with Crippen molar-refractivity contribution in [2.24, 2.45) is 0 Å². The van der Waals surface area contributed by atoms with E-state index in [2.05, 4.69) is 32.7 Å². The second-order valence-electron chi connectivity index (χ2n) is 5.02. The van der Waals surface area contributed by atoms with Crippen LogP contribution in [0, 0.1) is 6.92 Å². The molecular weight excluding hydrogens is 266 g/mol. The zero-order valence-corrected chi connectivity index (χ0v) is 12.6. The maximum Gasteiger partial charge on any atom is 0.255 e. The molecule has 1 amide bonds. The first-order chi connectivity index (χ1) is 10.1. The normalized spacial score (nSPS) is 12.0. The van der Waals surface area contributed by atoms with Gasteiger partial charge in [-0.1, -0.05) is 6.92 Å². The highest BCUT2D eigenvalue weighted by Gasteiger charge is 2.16. The maximum atomic E-state index is 12.4. The zero-order chi connectivity index (χ0) is 15.2. The van der Waals surface area contributed by atoms with Gasteiger partial charge in [0.25, 0.3) is 5.91 Å². The minimum atomic E-state index is -0.144. The predicted octanol–water partition coefficient (Wildman–Crippen LogP) is 2.43. The number of nitrogens with zero attached hydrogens (tertiary/aromatic N) is 2. The quantitative estimate of drug-likeness (QED) is 0.762. The van der Waals surface area contributed by atoms with E-state index in [9.17, 15) is 4.79 Å². The van der Waals surface area contributed by atoms with Gasteiger partial charge in [-0.05, 0) is 26.3 Å². The van der Waals surface area contributed by atoms with E-state index in [0.717, 1.165) is 29.9 Å². The van der Waals surface area contributed by atoms with Crippen molar-refractivity contribution in [3.05, 3.63) is 41.5 Å². The number of hydrogen-bond donors (Lipinski definition) is 3. The van der Waals surface area contributed by atoms with Gasteiger partial charge in [0, 0.05) is 30.2 Å². The Balaban J connectivity index is 2.14. The van der Waals surface area contributed by atoms with Crippen LogP contribution in [0.15, 0.2) is 24.7 Å². The van der Waals surface area contributed by atoms with E-state index in [4.69, 9.17) is 0 Å². The minimum absolute atomic E-state index is 0.114. The molecule has 0 spiro atoms. The number of nitrogens with one attached hydrogen (secondary N) is 3. The Kier molecular flexibility index (Phi) is 4.92. The molecule has 112 valence electrons. The fourth-order valence-electron chi connectivity index (χ4n) is 2.00. The standard InChI is InChI=1S/C15H21N5O/c1-4-5-16-14-6-10(2)17-9-13(14)15(21)20-11(3)12-7-18-19-8-12/h6-9,11H,4-5H2,1-3H3,(H,16,17)(H,18,19)(H,20,21). The number of aromatic nitrogens is 3. The average molecular weight is 287 g/mol. The molecule has 1 atom stereocenters. The van der Waals surface area contributed by atoms with Gasteiger partial charge in [0.1, 0.15) is 0 Å². The van der Waals surface area contributed by atoms with Gasteiger partial charge in [0.15, 0.2) is 0 Å². The molecule has 0 aromatic carbocycles. The number of aryl methyl sites for hydroxylation is 1. The van der Waals surface area contributed by atoms with Gasteiger partial charge in [-0.15, -0.1) is 0 Å². The Bertz CT molecular complexity index is 594. The van der Waals surface area contributed by atoms with Crippen molar-refractivity contribution in [2.45, 2.75) is 33.2 Å². The SMILES string of the molecule is CCCNc1cc(C)ncc1C(=O)NC(C)c1cn[nH]c1. The molecule has 1 unspecified atom stereocenters. The predicted molar refractivity (Wildman–Crippen MR) is 82.2 cm³/mol. The number of rotatable bonds is 6. The summed E-state index contributed by atoms with van der Waals surface area (Å²) in [4.78, 5) is 16.6. The van der Waals surface area contributed by atoms with E-state index in [1.54, 1.807) is 18.6 Å². The van der Waals surface area contributed by atoms with Crippen LogP contribution in [0.1, 0.15) is 47.9 Å². The lowest BCUT2D eigenvalue weighted by Crippen LogP contribution is -2.27. The van der Waals surface area contributed by atoms with E-state index in [0.29, 0.717) is 5.56 Å². The molecule has 2 rings (SSSR count). The first-order valence-electron chi connectivity index (χ1n) is 7.12. The van der Waals surface area contributed by atoms with Crippen LogP contribution in [-0.2, 0) is 0 Å². The summed E-state index contributed by atoms with van der Waals surface area (Å²) in [5.74, 6) is -0.144. The lowest BCUT2D eigenvalue weighted by Gasteiger charge is -2.15. The molecule has 6 nitrogen and oxygen atoms in total. The van der Waals surface area contributed by atoms with E-state index in [-0.39, 0.29) is 11.9 Å². The van der Waals surface area contributed by atoms with Crippen LogP contribution in [0.5, 0.6) is 0 Å². The molecule has 0 saturated heterocycles. The molecule has 3 N–H and O–H groups in total. The average Bonchev–Trinajstić information content (AvgIpc) is 2.99. The van der Waals surface area contributed by atoms with Gasteiger partial charge < -0.3 is 10.6 Å². The van der Waals surface area contributed by atoms with E-state index in [1.165, 1.54) is 0 Å². The Morgan fingerprint density at radius 3 is 2.90 bits per heavy atom. The van der Waals surface area contributed by atoms with Gasteiger partial charge >= 0.3 is 0 Å². The van der Waals surface area contributed by atoms with Crippen LogP contribution in [0.25, 0.3) is 0 Å². The summed E-state index contributed by atoms with van der Waals surface area (Å²) in [5.41, 5.74) is 3.20. The van der Waals surface area contributed by atoms with Crippen molar-refractivity contribution in [1.29, 1.82) is 0 Å². The third-order valence-corrected chi connectivity index (χ3v) is 3.22. The van der Waals surface area contributed by atoms with Crippen LogP contribution >= 0.6 is 0 Å². The first-order valence-corrected chi connectivity index (χ1v) is 7.12. The fourth-order valence-corrected chi connectivity index (χ4v) is 2.00. The molecule has 2 aromatic heterocycles. The van der Waals surface area contributed by atoms with Gasteiger partial charge in [0.05, 0.1) is 23.5 Å². The van der Waals surface area contributed by atoms with Crippen LogP contribution < -0.4 is 10.6 Å². The first kappa shape index (κ1) is 15.0. The second kappa shape index (κ2) is 6.88. The number of hydrogen-bond acceptors (Lipinski definition) is 4. The molecule has 0 saturated carbocycles. The third kappa shape index (κ3) is 3.81. The third-order valence-electron chi connectivity index (χ3n) is 3.22. The van der Waals surface area contributed by atoms with E-state index >= 15 is 0 Å². The number of carbonyl (C=O) groups excluding carboxylic acids is 1. The molecule has 0 bridgehead atoms. The van der Waals surface area contributed by atoms with Gasteiger partial charge in [-0.2, -0.15) is 5.10 Å². The van der Waals surface area contributed by atoms with Gasteiger partial charge in [0.2, 0.25) is 0 Å². The summed E-state index contributed by atoms with van der Waals surface area (Å²) < 4.78 is 0. The highest BCUT2D eigenvalue weighted by molar-refractivity contribution is 5.99. The molecule has 21 heavy (non-hydrogen) atoms. The summed E-state index contributed by atoms with van der Waals surface area (Å²) in [6.45, 7) is 6.74. The van der Waals surface area contributed by atoms with Crippen molar-refractivity contribution in [3.8, 4) is 0 Å². The van der Waals surface area contributed by atoms with Crippen molar-refractivity contribution in [1.82, 2.24) is 20.5 Å². The maximum absolute atomic E-state index is 12.4. The van der Waals surface area contributed by atoms with Crippen molar-refractivity contribution < 1.29 is 4.79 Å². The Hall–Kier alpha value is -2.37. The molecular formula is C15H21N5O. The zero-order valence-electron chi connectivity index (χ0n) is 12.6. The molecule has 0 aliphatic rings. The van der Waals surface area contributed by atoms with E-state index in [1.807, 2.05) is 19.9 Å². The second-order valence-corrected chi connectivity index (χ2v) is 5.02. The van der Waals surface area contributed by atoms with Crippen molar-refractivity contribution in [3.63, 3.8) is 0 Å². The highest BCUT2D eigenvalue weighted by Crippen LogP contribution is 2.18. The Labute approximate surface area is 124 Å². The molecule has 0 aliphatic carbocycles. The highest BCUT2D eigenvalue weighted by atomic mass is 16.1. The largest absolute Gasteiger partial charge is 0.384 e. The number of aromatic amines is 1. The summed E-state index contributed by atoms with van der Waals surface area (Å²) in [6, 6.07) is 1.78. The van der Waals surface area contributed by atoms with Gasteiger partial charge in [-0.25, -0.2) is 0 Å². The number of H-pyrrole nitrogens is 1. The van der Waals surface area contributed by atoms with Crippen molar-refractivity contribution >= 4 is 11.6 Å². The van der Waals surface area contributed by atoms with Gasteiger partial charge in [-0.3, -0.25) is 14.9 Å². The fraction of sp³-hybridized carbons (Fsp3) is 0.400. The van der Waals surface area contributed by atoms with Crippen LogP contribution in [0.4, 0.5) is 5.69 Å². The van der Waals surface area contributed by atoms with Crippen LogP contribution in [0.2, 0.25) is 0 Å². The van der Waals surface area contributed by atoms with E-state index < -0.39 is 0 Å². The number of anilines is 1. The number of carbonyl (C=O) groups is 1.